The average molecular weight is 364 g/mol. The Kier molecular flexibility index (Phi) is 8.28. The molecule has 114 valence electrons. The summed E-state index contributed by atoms with van der Waals surface area (Å²) in [5.74, 6) is 0. The normalized spacial score (nSPS) is 23.1. The van der Waals surface area contributed by atoms with Crippen LogP contribution in [0.2, 0.25) is 0 Å². The minimum atomic E-state index is -6.00. The van der Waals surface area contributed by atoms with Gasteiger partial charge in [0.15, 0.2) is 0 Å². The monoisotopic (exact) mass is 363 g/mol. The van der Waals surface area contributed by atoms with Crippen LogP contribution in [-0.4, -0.2) is 18.6 Å². The van der Waals surface area contributed by atoms with Gasteiger partial charge in [0.05, 0.1) is 0 Å². The van der Waals surface area contributed by atoms with E-state index >= 15 is 0 Å². The summed E-state index contributed by atoms with van der Waals surface area (Å²) in [5, 5.41) is 0. The molecule has 2 aliphatic carbocycles. The van der Waals surface area contributed by atoms with E-state index in [9.17, 15) is 17.3 Å². The molecule has 0 aromatic rings. The van der Waals surface area contributed by atoms with Crippen LogP contribution in [0.5, 0.6) is 0 Å². The van der Waals surface area contributed by atoms with Gasteiger partial charge in [-0.2, -0.15) is 0 Å². The second kappa shape index (κ2) is 8.87. The van der Waals surface area contributed by atoms with Gasteiger partial charge >= 0.3 is 7.25 Å². The zero-order chi connectivity index (χ0) is 14.3. The molecule has 0 aromatic heterocycles. The number of hydrogen-bond donors (Lipinski definition) is 0. The van der Waals surface area contributed by atoms with Gasteiger partial charge in [0, 0.05) is 0 Å². The third kappa shape index (κ3) is 8.54. The summed E-state index contributed by atoms with van der Waals surface area (Å²) >= 11 is 4.07. The van der Waals surface area contributed by atoms with Crippen LogP contribution in [0, 0.1) is 0 Å². The zero-order valence-electron chi connectivity index (χ0n) is 11.1. The summed E-state index contributed by atoms with van der Waals surface area (Å²) in [7, 11) is -6.00. The summed E-state index contributed by atoms with van der Waals surface area (Å²) in [5.41, 5.74) is 2.14. The molecule has 0 atom stereocenters. The van der Waals surface area contributed by atoms with E-state index in [0.717, 1.165) is 11.3 Å². The van der Waals surface area contributed by atoms with Crippen molar-refractivity contribution in [3.8, 4) is 0 Å². The van der Waals surface area contributed by atoms with Crippen LogP contribution in [0.25, 0.3) is 0 Å². The number of hydrogen-bond acceptors (Lipinski definition) is 0. The molecule has 0 N–H and O–H groups in total. The van der Waals surface area contributed by atoms with Crippen molar-refractivity contribution in [1.29, 1.82) is 0 Å². The Morgan fingerprint density at radius 3 is 1.21 bits per heavy atom. The van der Waals surface area contributed by atoms with E-state index < -0.39 is 7.25 Å². The van der Waals surface area contributed by atoms with Crippen molar-refractivity contribution in [1.82, 2.24) is 0 Å². The highest BCUT2D eigenvalue weighted by atomic mass is 79.9. The van der Waals surface area contributed by atoms with Crippen LogP contribution in [-0.2, 0) is 0 Å². The third-order valence-electron chi connectivity index (χ3n) is 3.85. The van der Waals surface area contributed by atoms with E-state index in [-0.39, 0.29) is 6.62 Å². The molecule has 0 spiro atoms. The van der Waals surface area contributed by atoms with Gasteiger partial charge in [0.25, 0.3) is 0 Å². The standard InChI is InChI=1S/C12H22BrP.BF4/c13-14(11-7-3-1-4-8-11)12-9-5-2-6-10-12;2-1(3,4)5/h11-12H,1-10H2;/q;-1. The Bertz CT molecular complexity index is 216. The van der Waals surface area contributed by atoms with Crippen molar-refractivity contribution in [2.24, 2.45) is 0 Å². The highest BCUT2D eigenvalue weighted by Gasteiger charge is 2.28. The van der Waals surface area contributed by atoms with Crippen molar-refractivity contribution in [2.75, 3.05) is 0 Å². The molecule has 0 bridgehead atoms. The van der Waals surface area contributed by atoms with Crippen molar-refractivity contribution in [3.05, 3.63) is 0 Å². The first-order valence-electron chi connectivity index (χ1n) is 7.19. The summed E-state index contributed by atoms with van der Waals surface area (Å²) in [6, 6.07) is 0. The van der Waals surface area contributed by atoms with Crippen molar-refractivity contribution < 1.29 is 17.3 Å². The van der Waals surface area contributed by atoms with Gasteiger partial charge in [-0.05, 0) is 43.6 Å². The fourth-order valence-electron chi connectivity index (χ4n) is 2.95. The molecule has 19 heavy (non-hydrogen) atoms. The lowest BCUT2D eigenvalue weighted by Gasteiger charge is -2.34. The van der Waals surface area contributed by atoms with E-state index in [1.165, 1.54) is 64.2 Å². The maximum atomic E-state index is 9.75. The van der Waals surface area contributed by atoms with E-state index in [1.54, 1.807) is 0 Å². The fraction of sp³-hybridized carbons (Fsp3) is 1.00. The summed E-state index contributed by atoms with van der Waals surface area (Å²) in [6.07, 6.45) is 15.1. The first-order chi connectivity index (χ1) is 8.88. The van der Waals surface area contributed by atoms with Crippen LogP contribution in [0.15, 0.2) is 0 Å². The van der Waals surface area contributed by atoms with Crippen LogP contribution in [0.3, 0.4) is 0 Å². The Balaban J connectivity index is 0.000000312. The zero-order valence-corrected chi connectivity index (χ0v) is 13.6. The summed E-state index contributed by atoms with van der Waals surface area (Å²) in [6.45, 7) is 0.196. The largest absolute Gasteiger partial charge is 0.673 e. The van der Waals surface area contributed by atoms with Gasteiger partial charge in [-0.1, -0.05) is 54.0 Å². The van der Waals surface area contributed by atoms with Crippen LogP contribution < -0.4 is 0 Å². The van der Waals surface area contributed by atoms with Gasteiger partial charge in [-0.25, -0.2) is 0 Å². The van der Waals surface area contributed by atoms with Crippen molar-refractivity contribution in [2.45, 2.75) is 75.5 Å². The molecule has 2 fully saturated rings. The molecule has 0 unspecified atom stereocenters. The van der Waals surface area contributed by atoms with Crippen LogP contribution in [0.4, 0.5) is 17.3 Å². The minimum absolute atomic E-state index is 0.196. The Labute approximate surface area is 122 Å². The average Bonchev–Trinajstić information content (AvgIpc) is 2.38. The Morgan fingerprint density at radius 1 is 0.684 bits per heavy atom. The molecule has 7 heteroatoms. The third-order valence-corrected chi connectivity index (χ3v) is 9.75. The molecule has 2 rings (SSSR count). The predicted molar refractivity (Wildman–Crippen MR) is 79.8 cm³/mol. The van der Waals surface area contributed by atoms with Gasteiger partial charge in [-0.15, -0.1) is 0 Å². The first kappa shape index (κ1) is 17.7. The molecule has 2 saturated carbocycles. The van der Waals surface area contributed by atoms with E-state index in [4.69, 9.17) is 0 Å². The van der Waals surface area contributed by atoms with E-state index in [0.29, 0.717) is 0 Å². The lowest BCUT2D eigenvalue weighted by molar-refractivity contribution is 0.368. The topological polar surface area (TPSA) is 0 Å². The summed E-state index contributed by atoms with van der Waals surface area (Å²) < 4.78 is 39.0. The SMILES string of the molecule is BrP(C1CCCCC1)C1CCCCC1.F[B-](F)(F)F. The van der Waals surface area contributed by atoms with Crippen LogP contribution >= 0.6 is 22.1 Å². The smallest absolute Gasteiger partial charge is 0.418 e. The molecule has 0 nitrogen and oxygen atoms in total. The maximum absolute atomic E-state index is 9.75. The molecule has 0 amide bonds. The van der Waals surface area contributed by atoms with Gasteiger partial charge < -0.3 is 17.3 Å². The molecule has 0 aromatic carbocycles. The van der Waals surface area contributed by atoms with Gasteiger partial charge in [-0.3, -0.25) is 0 Å². The Hall–Kier alpha value is 0.695. The lowest BCUT2D eigenvalue weighted by atomic mass is 10.00. The first-order valence-corrected chi connectivity index (χ1v) is 10.7. The van der Waals surface area contributed by atoms with Crippen molar-refractivity contribution in [3.63, 3.8) is 0 Å². The molecule has 2 aliphatic rings. The van der Waals surface area contributed by atoms with E-state index in [2.05, 4.69) is 15.5 Å². The molecular formula is C12H22BBrF4P-. The highest BCUT2D eigenvalue weighted by Crippen LogP contribution is 2.60. The fourth-order valence-corrected chi connectivity index (χ4v) is 7.72. The second-order valence-electron chi connectivity index (χ2n) is 5.42. The van der Waals surface area contributed by atoms with E-state index in [1.807, 2.05) is 0 Å². The molecular weight excluding hydrogens is 342 g/mol. The number of rotatable bonds is 2. The molecule has 0 heterocycles. The van der Waals surface area contributed by atoms with Crippen molar-refractivity contribution >= 4 is 29.4 Å². The number of halogens is 5. The van der Waals surface area contributed by atoms with Gasteiger partial charge in [0.2, 0.25) is 0 Å². The predicted octanol–water partition coefficient (Wildman–Crippen LogP) is 6.74. The quantitative estimate of drug-likeness (QED) is 0.289. The summed E-state index contributed by atoms with van der Waals surface area (Å²) in [4.78, 5) is 0. The maximum Gasteiger partial charge on any atom is 0.673 e. The molecule has 0 saturated heterocycles. The lowest BCUT2D eigenvalue weighted by Crippen LogP contribution is -2.17. The Morgan fingerprint density at radius 2 is 0.947 bits per heavy atom. The highest BCUT2D eigenvalue weighted by molar-refractivity contribution is 9.39. The van der Waals surface area contributed by atoms with Gasteiger partial charge in [0.1, 0.15) is 0 Å². The molecule has 0 aliphatic heterocycles. The minimum Gasteiger partial charge on any atom is -0.418 e. The van der Waals surface area contributed by atoms with Crippen LogP contribution in [0.1, 0.15) is 64.2 Å². The second-order valence-corrected chi connectivity index (χ2v) is 10.0. The molecule has 0 radical (unpaired) electrons.